The highest BCUT2D eigenvalue weighted by Gasteiger charge is 2.51. The van der Waals surface area contributed by atoms with Crippen LogP contribution < -0.4 is 5.32 Å². The molecule has 2 fully saturated rings. The van der Waals surface area contributed by atoms with Gasteiger partial charge in [0, 0.05) is 19.6 Å². The molecule has 0 radical (unpaired) electrons. The maximum absolute atomic E-state index is 13.4. The Morgan fingerprint density at radius 2 is 1.72 bits per heavy atom. The van der Waals surface area contributed by atoms with E-state index in [-0.39, 0.29) is 25.0 Å². The molecule has 8 heteroatoms. The molecule has 1 N–H and O–H groups in total. The van der Waals surface area contributed by atoms with Gasteiger partial charge in [0.1, 0.15) is 11.1 Å². The SMILES string of the molecule is CC(C)(C)OC(=O)N1CCCC1(COCc1ccccc1)C(=O)NCC(=O)N1CCCC1. The third-order valence-corrected chi connectivity index (χ3v) is 5.84. The molecule has 1 unspecified atom stereocenters. The predicted molar refractivity (Wildman–Crippen MR) is 120 cm³/mol. The Balaban J connectivity index is 1.72. The molecule has 0 aliphatic carbocycles. The molecular formula is C24H35N3O5. The van der Waals surface area contributed by atoms with Crippen LogP contribution in [0.15, 0.2) is 30.3 Å². The van der Waals surface area contributed by atoms with Crippen molar-refractivity contribution in [3.8, 4) is 0 Å². The standard InChI is InChI=1S/C24H35N3O5/c1-23(2,3)32-22(30)27-15-9-12-24(27,18-31-17-19-10-5-4-6-11-19)21(29)25-16-20(28)26-13-7-8-14-26/h4-6,10-11H,7-9,12-18H2,1-3H3,(H,25,29). The maximum atomic E-state index is 13.4. The van der Waals surface area contributed by atoms with Gasteiger partial charge < -0.3 is 19.7 Å². The van der Waals surface area contributed by atoms with Gasteiger partial charge in [-0.1, -0.05) is 30.3 Å². The van der Waals surface area contributed by atoms with Crippen molar-refractivity contribution in [2.45, 2.75) is 64.2 Å². The summed E-state index contributed by atoms with van der Waals surface area (Å²) in [6.07, 6.45) is 2.54. The second-order valence-corrected chi connectivity index (χ2v) is 9.52. The van der Waals surface area contributed by atoms with Crippen molar-refractivity contribution in [3.63, 3.8) is 0 Å². The summed E-state index contributed by atoms with van der Waals surface area (Å²) in [7, 11) is 0. The highest BCUT2D eigenvalue weighted by Crippen LogP contribution is 2.32. The van der Waals surface area contributed by atoms with Crippen LogP contribution in [0.1, 0.15) is 52.0 Å². The first-order chi connectivity index (χ1) is 15.2. The minimum absolute atomic E-state index is 0.0326. The zero-order chi connectivity index (χ0) is 23.2. The molecule has 1 aromatic carbocycles. The number of carbonyl (C=O) groups excluding carboxylic acids is 3. The molecular weight excluding hydrogens is 410 g/mol. The predicted octanol–water partition coefficient (Wildman–Crippen LogP) is 2.71. The van der Waals surface area contributed by atoms with Gasteiger partial charge in [0.05, 0.1) is 19.8 Å². The topological polar surface area (TPSA) is 88.2 Å². The van der Waals surface area contributed by atoms with Crippen LogP contribution in [0, 0.1) is 0 Å². The number of likely N-dealkylation sites (tertiary alicyclic amines) is 2. The lowest BCUT2D eigenvalue weighted by molar-refractivity contribution is -0.139. The van der Waals surface area contributed by atoms with Crippen molar-refractivity contribution >= 4 is 17.9 Å². The average Bonchev–Trinajstić information content (AvgIpc) is 3.42. The fraction of sp³-hybridized carbons (Fsp3) is 0.625. The van der Waals surface area contributed by atoms with Crippen LogP contribution in [-0.4, -0.2) is 71.6 Å². The van der Waals surface area contributed by atoms with Crippen LogP contribution in [-0.2, 0) is 25.7 Å². The van der Waals surface area contributed by atoms with Gasteiger partial charge in [-0.25, -0.2) is 4.79 Å². The fourth-order valence-corrected chi connectivity index (χ4v) is 4.22. The van der Waals surface area contributed by atoms with Crippen molar-refractivity contribution in [1.29, 1.82) is 0 Å². The van der Waals surface area contributed by atoms with Crippen LogP contribution >= 0.6 is 0 Å². The Morgan fingerprint density at radius 3 is 2.38 bits per heavy atom. The maximum Gasteiger partial charge on any atom is 0.411 e. The number of amides is 3. The van der Waals surface area contributed by atoms with Crippen LogP contribution in [0.5, 0.6) is 0 Å². The third-order valence-electron chi connectivity index (χ3n) is 5.84. The smallest absolute Gasteiger partial charge is 0.411 e. The highest BCUT2D eigenvalue weighted by molar-refractivity contribution is 5.93. The summed E-state index contributed by atoms with van der Waals surface area (Å²) < 4.78 is 11.5. The summed E-state index contributed by atoms with van der Waals surface area (Å²) >= 11 is 0. The monoisotopic (exact) mass is 445 g/mol. The second-order valence-electron chi connectivity index (χ2n) is 9.52. The van der Waals surface area contributed by atoms with Gasteiger partial charge in [-0.2, -0.15) is 0 Å². The molecule has 2 aliphatic heterocycles. The number of hydrogen-bond donors (Lipinski definition) is 1. The normalized spacial score (nSPS) is 21.0. The minimum atomic E-state index is -1.21. The summed E-state index contributed by atoms with van der Waals surface area (Å²) in [5.74, 6) is -0.473. The molecule has 2 heterocycles. The highest BCUT2D eigenvalue weighted by atomic mass is 16.6. The summed E-state index contributed by atoms with van der Waals surface area (Å²) in [4.78, 5) is 42.0. The van der Waals surface area contributed by atoms with Crippen LogP contribution in [0.25, 0.3) is 0 Å². The van der Waals surface area contributed by atoms with Crippen LogP contribution in [0.2, 0.25) is 0 Å². The lowest BCUT2D eigenvalue weighted by Crippen LogP contribution is -2.61. The number of rotatable bonds is 7. The number of hydrogen-bond acceptors (Lipinski definition) is 5. The zero-order valence-electron chi connectivity index (χ0n) is 19.4. The molecule has 0 aromatic heterocycles. The van der Waals surface area contributed by atoms with E-state index in [1.807, 2.05) is 30.3 Å². The van der Waals surface area contributed by atoms with Gasteiger partial charge >= 0.3 is 6.09 Å². The summed E-state index contributed by atoms with van der Waals surface area (Å²) in [6.45, 7) is 7.51. The van der Waals surface area contributed by atoms with E-state index in [2.05, 4.69) is 5.32 Å². The van der Waals surface area contributed by atoms with Crippen molar-refractivity contribution in [1.82, 2.24) is 15.1 Å². The summed E-state index contributed by atoms with van der Waals surface area (Å²) in [5.41, 5.74) is -0.907. The fourth-order valence-electron chi connectivity index (χ4n) is 4.22. The third kappa shape index (κ3) is 6.00. The minimum Gasteiger partial charge on any atom is -0.444 e. The van der Waals surface area contributed by atoms with Gasteiger partial charge in [0.2, 0.25) is 11.8 Å². The molecule has 2 aliphatic rings. The summed E-state index contributed by atoms with van der Waals surface area (Å²) in [5, 5.41) is 2.78. The Hall–Kier alpha value is -2.61. The molecule has 176 valence electrons. The molecule has 0 saturated carbocycles. The Kier molecular flexibility index (Phi) is 7.77. The van der Waals surface area contributed by atoms with E-state index < -0.39 is 17.2 Å². The second kappa shape index (κ2) is 10.3. The Labute approximate surface area is 190 Å². The molecule has 1 aromatic rings. The van der Waals surface area contributed by atoms with E-state index in [1.54, 1.807) is 25.7 Å². The van der Waals surface area contributed by atoms with Crippen molar-refractivity contribution in [2.24, 2.45) is 0 Å². The lowest BCUT2D eigenvalue weighted by Gasteiger charge is -2.37. The van der Waals surface area contributed by atoms with E-state index in [1.165, 1.54) is 4.90 Å². The van der Waals surface area contributed by atoms with Crippen molar-refractivity contribution < 1.29 is 23.9 Å². The van der Waals surface area contributed by atoms with E-state index in [0.717, 1.165) is 31.5 Å². The van der Waals surface area contributed by atoms with Gasteiger partial charge in [-0.15, -0.1) is 0 Å². The Bertz CT molecular complexity index is 802. The van der Waals surface area contributed by atoms with Gasteiger partial charge in [0.15, 0.2) is 0 Å². The largest absolute Gasteiger partial charge is 0.444 e. The van der Waals surface area contributed by atoms with E-state index in [4.69, 9.17) is 9.47 Å². The van der Waals surface area contributed by atoms with E-state index in [0.29, 0.717) is 26.0 Å². The first kappa shape index (κ1) is 24.0. The average molecular weight is 446 g/mol. The molecule has 0 bridgehead atoms. The molecule has 0 spiro atoms. The molecule has 2 saturated heterocycles. The van der Waals surface area contributed by atoms with Gasteiger partial charge in [0.25, 0.3) is 0 Å². The molecule has 3 amide bonds. The van der Waals surface area contributed by atoms with Crippen LogP contribution in [0.4, 0.5) is 4.79 Å². The Morgan fingerprint density at radius 1 is 1.03 bits per heavy atom. The quantitative estimate of drug-likeness (QED) is 0.697. The van der Waals surface area contributed by atoms with Gasteiger partial charge in [-0.3, -0.25) is 14.5 Å². The first-order valence-electron chi connectivity index (χ1n) is 11.4. The molecule has 8 nitrogen and oxygen atoms in total. The van der Waals surface area contributed by atoms with Crippen LogP contribution in [0.3, 0.4) is 0 Å². The number of nitrogens with zero attached hydrogens (tertiary/aromatic N) is 2. The molecule has 3 rings (SSSR count). The van der Waals surface area contributed by atoms with E-state index in [9.17, 15) is 14.4 Å². The zero-order valence-corrected chi connectivity index (χ0v) is 19.4. The number of benzene rings is 1. The number of nitrogens with one attached hydrogen (secondary N) is 1. The number of ether oxygens (including phenoxy) is 2. The first-order valence-corrected chi connectivity index (χ1v) is 11.4. The van der Waals surface area contributed by atoms with Crippen molar-refractivity contribution in [3.05, 3.63) is 35.9 Å². The lowest BCUT2D eigenvalue weighted by atomic mass is 9.96. The van der Waals surface area contributed by atoms with Crippen molar-refractivity contribution in [2.75, 3.05) is 32.8 Å². The van der Waals surface area contributed by atoms with Gasteiger partial charge in [-0.05, 0) is 52.0 Å². The van der Waals surface area contributed by atoms with E-state index >= 15 is 0 Å². The molecule has 32 heavy (non-hydrogen) atoms. The summed E-state index contributed by atoms with van der Waals surface area (Å²) in [6, 6.07) is 9.67. The molecule has 1 atom stereocenters. The number of carbonyl (C=O) groups is 3.